The number of rotatable bonds is 12. The molecule has 10 nitrogen and oxygen atoms in total. The van der Waals surface area contributed by atoms with E-state index in [1.165, 1.54) is 10.8 Å². The Kier molecular flexibility index (Phi) is 11.2. The van der Waals surface area contributed by atoms with E-state index >= 15 is 0 Å². The summed E-state index contributed by atoms with van der Waals surface area (Å²) < 4.78 is 59.6. The lowest BCUT2D eigenvalue weighted by Crippen LogP contribution is -2.39. The zero-order valence-corrected chi connectivity index (χ0v) is 27.7. The second kappa shape index (κ2) is 15.0. The van der Waals surface area contributed by atoms with E-state index < -0.39 is 69.9 Å². The average molecular weight is 672 g/mol. The molecule has 0 spiro atoms. The van der Waals surface area contributed by atoms with Crippen LogP contribution in [0.15, 0.2) is 53.5 Å². The largest absolute Gasteiger partial charge is 0.482 e. The minimum absolute atomic E-state index is 0.102. The number of esters is 1. The van der Waals surface area contributed by atoms with Crippen molar-refractivity contribution in [1.29, 1.82) is 0 Å². The highest BCUT2D eigenvalue weighted by molar-refractivity contribution is 5.96. The highest BCUT2D eigenvalue weighted by Crippen LogP contribution is 2.47. The van der Waals surface area contributed by atoms with Crippen LogP contribution in [0.2, 0.25) is 0 Å². The fourth-order valence-electron chi connectivity index (χ4n) is 5.63. The number of nitrogens with zero attached hydrogens (tertiary/aromatic N) is 1. The molecule has 13 heteroatoms. The van der Waals surface area contributed by atoms with Crippen LogP contribution < -0.4 is 20.8 Å². The lowest BCUT2D eigenvalue weighted by Gasteiger charge is -2.23. The summed E-state index contributed by atoms with van der Waals surface area (Å²) in [4.78, 5) is 52.6. The molecule has 0 radical (unpaired) electrons. The molecule has 4 atom stereocenters. The summed E-state index contributed by atoms with van der Waals surface area (Å²) in [6, 6.07) is 9.58. The molecule has 0 saturated heterocycles. The Hall–Kier alpha value is -4.81. The number of methoxy groups -OCH3 is 1. The second-order valence-electron chi connectivity index (χ2n) is 13.0. The number of nitrogens with one attached hydrogen (secondary N) is 2. The Morgan fingerprint density at radius 3 is 2.27 bits per heavy atom. The third-order valence-electron chi connectivity index (χ3n) is 8.11. The molecule has 258 valence electrons. The van der Waals surface area contributed by atoms with Crippen molar-refractivity contribution in [2.75, 3.05) is 7.11 Å². The standard InChI is InChI=1S/C35H40F3N3O7/c1-19(23-14-24(23)20(2)40-34(45)48-35(3,4)5)16-41-17-26(32(43)39-15-25-27(37)12-22(36)13-28(25)38)30(42)31(29(41)33(44)46-6)47-18-21-10-8-7-9-11-21/h7-13,17,19-20,23-24H,14-16,18H2,1-6H3,(H,39,43)(H,40,45)/t19-,20-,23+,24-/m0/s1. The molecular formula is C35H40F3N3O7. The van der Waals surface area contributed by atoms with Gasteiger partial charge in [0, 0.05) is 43.0 Å². The predicted molar refractivity (Wildman–Crippen MR) is 170 cm³/mol. The van der Waals surface area contributed by atoms with E-state index in [0.29, 0.717) is 17.7 Å². The van der Waals surface area contributed by atoms with E-state index in [1.54, 1.807) is 51.1 Å². The van der Waals surface area contributed by atoms with Crippen LogP contribution in [0.3, 0.4) is 0 Å². The first-order chi connectivity index (χ1) is 22.6. The summed E-state index contributed by atoms with van der Waals surface area (Å²) in [6.07, 6.45) is 1.43. The smallest absolute Gasteiger partial charge is 0.407 e. The van der Waals surface area contributed by atoms with E-state index in [1.807, 2.05) is 13.8 Å². The van der Waals surface area contributed by atoms with Crippen LogP contribution in [-0.4, -0.2) is 41.3 Å². The van der Waals surface area contributed by atoms with Gasteiger partial charge in [-0.3, -0.25) is 9.59 Å². The number of ether oxygens (including phenoxy) is 3. The third-order valence-corrected chi connectivity index (χ3v) is 8.11. The van der Waals surface area contributed by atoms with Crippen LogP contribution in [0.1, 0.15) is 73.0 Å². The maximum Gasteiger partial charge on any atom is 0.407 e. The van der Waals surface area contributed by atoms with E-state index in [-0.39, 0.29) is 42.6 Å². The number of pyridine rings is 1. The van der Waals surface area contributed by atoms with Crippen LogP contribution in [0.5, 0.6) is 5.75 Å². The number of hydrogen-bond donors (Lipinski definition) is 2. The predicted octanol–water partition coefficient (Wildman–Crippen LogP) is 5.75. The molecule has 3 aromatic rings. The summed E-state index contributed by atoms with van der Waals surface area (Å²) in [7, 11) is 1.15. The highest BCUT2D eigenvalue weighted by Gasteiger charge is 2.45. The molecule has 1 fully saturated rings. The van der Waals surface area contributed by atoms with Gasteiger partial charge < -0.3 is 29.4 Å². The maximum absolute atomic E-state index is 14.3. The van der Waals surface area contributed by atoms with Gasteiger partial charge in [0.25, 0.3) is 5.91 Å². The lowest BCUT2D eigenvalue weighted by molar-refractivity contribution is 0.0498. The number of amides is 2. The van der Waals surface area contributed by atoms with Gasteiger partial charge in [0.15, 0.2) is 11.4 Å². The highest BCUT2D eigenvalue weighted by atomic mass is 19.1. The van der Waals surface area contributed by atoms with Crippen LogP contribution in [0.4, 0.5) is 18.0 Å². The van der Waals surface area contributed by atoms with Gasteiger partial charge >= 0.3 is 12.1 Å². The minimum Gasteiger partial charge on any atom is -0.482 e. The molecule has 2 aromatic carbocycles. The lowest BCUT2D eigenvalue weighted by atomic mass is 10.0. The van der Waals surface area contributed by atoms with Gasteiger partial charge in [-0.1, -0.05) is 37.3 Å². The van der Waals surface area contributed by atoms with Crippen molar-refractivity contribution in [3.8, 4) is 5.75 Å². The van der Waals surface area contributed by atoms with Crippen molar-refractivity contribution in [3.05, 3.63) is 98.7 Å². The fraction of sp³-hybridized carbons (Fsp3) is 0.429. The van der Waals surface area contributed by atoms with Crippen LogP contribution in [-0.2, 0) is 29.2 Å². The van der Waals surface area contributed by atoms with Gasteiger partial charge in [0.2, 0.25) is 5.43 Å². The van der Waals surface area contributed by atoms with Crippen LogP contribution >= 0.6 is 0 Å². The van der Waals surface area contributed by atoms with Crippen molar-refractivity contribution < 1.29 is 41.8 Å². The molecule has 0 unspecified atom stereocenters. The topological polar surface area (TPSA) is 125 Å². The van der Waals surface area contributed by atoms with Crippen molar-refractivity contribution in [3.63, 3.8) is 0 Å². The van der Waals surface area contributed by atoms with E-state index in [0.717, 1.165) is 13.5 Å². The summed E-state index contributed by atoms with van der Waals surface area (Å²) in [5.41, 5.74) is -2.17. The van der Waals surface area contributed by atoms with Gasteiger partial charge in [-0.2, -0.15) is 0 Å². The Morgan fingerprint density at radius 2 is 1.67 bits per heavy atom. The number of hydrogen-bond acceptors (Lipinski definition) is 7. The van der Waals surface area contributed by atoms with Crippen LogP contribution in [0.25, 0.3) is 0 Å². The number of carbonyl (C=O) groups excluding carboxylic acids is 3. The normalized spacial score (nSPS) is 16.8. The van der Waals surface area contributed by atoms with Crippen molar-refractivity contribution in [1.82, 2.24) is 15.2 Å². The molecule has 2 N–H and O–H groups in total. The molecule has 0 aliphatic heterocycles. The Bertz CT molecular complexity index is 1700. The first-order valence-corrected chi connectivity index (χ1v) is 15.5. The van der Waals surface area contributed by atoms with Gasteiger partial charge in [-0.05, 0) is 57.4 Å². The SMILES string of the molecule is COC(=O)c1c(OCc2ccccc2)c(=O)c(C(=O)NCc2c(F)cc(F)cc2F)cn1C[C@H](C)[C@H]1C[C@H]1[C@H](C)NC(=O)OC(C)(C)C. The first kappa shape index (κ1) is 36.0. The zero-order valence-electron chi connectivity index (χ0n) is 27.7. The van der Waals surface area contributed by atoms with Gasteiger partial charge in [0.05, 0.1) is 7.11 Å². The van der Waals surface area contributed by atoms with Crippen molar-refractivity contribution in [2.45, 2.75) is 72.4 Å². The van der Waals surface area contributed by atoms with Crippen molar-refractivity contribution in [2.24, 2.45) is 17.8 Å². The number of alkyl carbamates (subject to hydrolysis) is 1. The molecule has 48 heavy (non-hydrogen) atoms. The van der Waals surface area contributed by atoms with Crippen molar-refractivity contribution >= 4 is 18.0 Å². The molecule has 0 bridgehead atoms. The zero-order chi connectivity index (χ0) is 35.3. The molecule has 1 aromatic heterocycles. The quantitative estimate of drug-likeness (QED) is 0.235. The molecule has 1 saturated carbocycles. The number of aromatic nitrogens is 1. The maximum atomic E-state index is 14.3. The molecule has 1 aliphatic rings. The Morgan fingerprint density at radius 1 is 1.02 bits per heavy atom. The number of halogens is 3. The summed E-state index contributed by atoms with van der Waals surface area (Å²) in [5.74, 6) is -5.75. The van der Waals surface area contributed by atoms with Gasteiger partial charge in [0.1, 0.15) is 35.2 Å². The molecule has 1 aliphatic carbocycles. The molecule has 2 amide bonds. The number of carbonyl (C=O) groups is 3. The first-order valence-electron chi connectivity index (χ1n) is 15.5. The second-order valence-corrected chi connectivity index (χ2v) is 13.0. The van der Waals surface area contributed by atoms with Gasteiger partial charge in [-0.15, -0.1) is 0 Å². The van der Waals surface area contributed by atoms with E-state index in [4.69, 9.17) is 14.2 Å². The minimum atomic E-state index is -1.21. The number of benzene rings is 2. The summed E-state index contributed by atoms with van der Waals surface area (Å²) in [6.45, 7) is 8.48. The molecule has 1 heterocycles. The Labute approximate surface area is 276 Å². The monoisotopic (exact) mass is 671 g/mol. The summed E-state index contributed by atoms with van der Waals surface area (Å²) in [5, 5.41) is 5.18. The summed E-state index contributed by atoms with van der Waals surface area (Å²) >= 11 is 0. The van der Waals surface area contributed by atoms with E-state index in [9.17, 15) is 32.3 Å². The molecule has 4 rings (SSSR count). The fourth-order valence-corrected chi connectivity index (χ4v) is 5.63. The molecular weight excluding hydrogens is 631 g/mol. The third kappa shape index (κ3) is 8.96. The van der Waals surface area contributed by atoms with Crippen LogP contribution in [0, 0.1) is 35.2 Å². The Balaban J connectivity index is 1.65. The van der Waals surface area contributed by atoms with E-state index in [2.05, 4.69) is 10.6 Å². The average Bonchev–Trinajstić information content (AvgIpc) is 3.81. The van der Waals surface area contributed by atoms with Gasteiger partial charge in [-0.25, -0.2) is 22.8 Å².